The van der Waals surface area contributed by atoms with E-state index in [-0.39, 0.29) is 10.8 Å². The molecule has 152 valence electrons. The van der Waals surface area contributed by atoms with Crippen molar-refractivity contribution in [2.45, 2.75) is 59.3 Å². The maximum atomic E-state index is 4.87. The van der Waals surface area contributed by atoms with Crippen molar-refractivity contribution in [3.05, 3.63) is 71.7 Å². The van der Waals surface area contributed by atoms with Crippen molar-refractivity contribution >= 4 is 22.9 Å². The summed E-state index contributed by atoms with van der Waals surface area (Å²) < 4.78 is 0. The minimum atomic E-state index is -0.134. The van der Waals surface area contributed by atoms with Crippen LogP contribution in [0.2, 0.25) is 0 Å². The van der Waals surface area contributed by atoms with E-state index < -0.39 is 0 Å². The second-order valence-electron chi connectivity index (χ2n) is 9.55. The summed E-state index contributed by atoms with van der Waals surface area (Å²) in [6.07, 6.45) is 0. The molecule has 4 nitrogen and oxygen atoms in total. The van der Waals surface area contributed by atoms with E-state index in [0.29, 0.717) is 0 Å². The molecule has 4 heteroatoms. The molecule has 0 radical (unpaired) electrons. The van der Waals surface area contributed by atoms with Crippen LogP contribution in [0.1, 0.15) is 58.6 Å². The number of nitrogens with zero attached hydrogens (tertiary/aromatic N) is 2. The minimum absolute atomic E-state index is 0.131. The standard InChI is InChI=1S/C25H32N4/c1-17-21(27-20-15-13-18(14-16-20)24(2,3)4)22(28-19-11-9-8-10-12-19)29-23(26-17)25(5,6)7/h8-16,27H,1-7H3,(H,26,28,29). The second-order valence-corrected chi connectivity index (χ2v) is 9.55. The maximum Gasteiger partial charge on any atom is 0.158 e. The van der Waals surface area contributed by atoms with Crippen LogP contribution in [0.3, 0.4) is 0 Å². The van der Waals surface area contributed by atoms with Crippen molar-refractivity contribution in [3.8, 4) is 0 Å². The Kier molecular flexibility index (Phi) is 5.65. The van der Waals surface area contributed by atoms with Crippen LogP contribution in [0.25, 0.3) is 0 Å². The Bertz CT molecular complexity index is 963. The molecule has 2 aromatic carbocycles. The van der Waals surface area contributed by atoms with Crippen LogP contribution in [-0.4, -0.2) is 9.97 Å². The first-order valence-electron chi connectivity index (χ1n) is 10.1. The van der Waals surface area contributed by atoms with E-state index in [9.17, 15) is 0 Å². The van der Waals surface area contributed by atoms with E-state index in [1.54, 1.807) is 0 Å². The van der Waals surface area contributed by atoms with E-state index in [2.05, 4.69) is 76.4 Å². The largest absolute Gasteiger partial charge is 0.351 e. The fraction of sp³-hybridized carbons (Fsp3) is 0.360. The number of benzene rings is 2. The molecule has 0 saturated carbocycles. The van der Waals surface area contributed by atoms with Gasteiger partial charge in [0.25, 0.3) is 0 Å². The summed E-state index contributed by atoms with van der Waals surface area (Å²) in [6, 6.07) is 18.7. The molecule has 0 saturated heterocycles. The number of nitrogens with one attached hydrogen (secondary N) is 2. The zero-order valence-corrected chi connectivity index (χ0v) is 18.6. The Morgan fingerprint density at radius 2 is 1.24 bits per heavy atom. The summed E-state index contributed by atoms with van der Waals surface area (Å²) in [7, 11) is 0. The summed E-state index contributed by atoms with van der Waals surface area (Å²) in [5, 5.41) is 7.00. The van der Waals surface area contributed by atoms with Crippen LogP contribution in [-0.2, 0) is 10.8 Å². The predicted octanol–water partition coefficient (Wildman–Crippen LogP) is 6.87. The number of anilines is 4. The Morgan fingerprint density at radius 1 is 0.655 bits per heavy atom. The van der Waals surface area contributed by atoms with Gasteiger partial charge < -0.3 is 10.6 Å². The fourth-order valence-electron chi connectivity index (χ4n) is 3.00. The molecule has 0 unspecified atom stereocenters. The molecule has 2 N–H and O–H groups in total. The zero-order chi connectivity index (χ0) is 21.2. The Hall–Kier alpha value is -2.88. The third-order valence-electron chi connectivity index (χ3n) is 4.82. The van der Waals surface area contributed by atoms with Crippen molar-refractivity contribution < 1.29 is 0 Å². The molecule has 1 aromatic heterocycles. The van der Waals surface area contributed by atoms with Crippen LogP contribution in [0.15, 0.2) is 54.6 Å². The van der Waals surface area contributed by atoms with E-state index in [1.165, 1.54) is 5.56 Å². The molecule has 0 bridgehead atoms. The summed E-state index contributed by atoms with van der Waals surface area (Å²) in [5.74, 6) is 1.61. The number of rotatable bonds is 4. The van der Waals surface area contributed by atoms with Crippen LogP contribution in [0.4, 0.5) is 22.9 Å². The number of aromatic nitrogens is 2. The molecule has 3 rings (SSSR count). The summed E-state index contributed by atoms with van der Waals surface area (Å²) >= 11 is 0. The second kappa shape index (κ2) is 7.86. The first-order valence-corrected chi connectivity index (χ1v) is 10.1. The molecule has 0 aliphatic heterocycles. The van der Waals surface area contributed by atoms with Gasteiger partial charge in [0.2, 0.25) is 0 Å². The smallest absolute Gasteiger partial charge is 0.158 e. The van der Waals surface area contributed by atoms with Crippen LogP contribution in [0, 0.1) is 6.92 Å². The average molecular weight is 389 g/mol. The minimum Gasteiger partial charge on any atom is -0.351 e. The van der Waals surface area contributed by atoms with Crippen molar-refractivity contribution in [2.24, 2.45) is 0 Å². The van der Waals surface area contributed by atoms with Gasteiger partial charge in [-0.2, -0.15) is 0 Å². The number of aryl methyl sites for hydroxylation is 1. The number of hydrogen-bond donors (Lipinski definition) is 2. The quantitative estimate of drug-likeness (QED) is 0.512. The third-order valence-corrected chi connectivity index (χ3v) is 4.82. The molecule has 1 heterocycles. The van der Waals surface area contributed by atoms with E-state index in [4.69, 9.17) is 9.97 Å². The molecular formula is C25H32N4. The van der Waals surface area contributed by atoms with E-state index in [0.717, 1.165) is 34.4 Å². The monoisotopic (exact) mass is 388 g/mol. The van der Waals surface area contributed by atoms with Gasteiger partial charge in [0.1, 0.15) is 11.5 Å². The molecule has 0 amide bonds. The highest BCUT2D eigenvalue weighted by Gasteiger charge is 2.22. The predicted molar refractivity (Wildman–Crippen MR) is 124 cm³/mol. The highest BCUT2D eigenvalue weighted by Crippen LogP contribution is 2.32. The van der Waals surface area contributed by atoms with Gasteiger partial charge in [-0.15, -0.1) is 0 Å². The van der Waals surface area contributed by atoms with Gasteiger partial charge in [-0.3, -0.25) is 0 Å². The highest BCUT2D eigenvalue weighted by molar-refractivity contribution is 5.77. The summed E-state index contributed by atoms with van der Waals surface area (Å²) in [5.41, 5.74) is 5.13. The van der Waals surface area contributed by atoms with E-state index >= 15 is 0 Å². The fourth-order valence-corrected chi connectivity index (χ4v) is 3.00. The molecule has 3 aromatic rings. The van der Waals surface area contributed by atoms with Crippen molar-refractivity contribution in [1.82, 2.24) is 9.97 Å². The van der Waals surface area contributed by atoms with Crippen molar-refractivity contribution in [2.75, 3.05) is 10.6 Å². The lowest BCUT2D eigenvalue weighted by Gasteiger charge is -2.22. The molecule has 0 atom stereocenters. The number of hydrogen-bond acceptors (Lipinski definition) is 4. The van der Waals surface area contributed by atoms with Gasteiger partial charge in [-0.1, -0.05) is 71.9 Å². The molecule has 29 heavy (non-hydrogen) atoms. The highest BCUT2D eigenvalue weighted by atomic mass is 15.1. The van der Waals surface area contributed by atoms with Gasteiger partial charge in [-0.05, 0) is 42.2 Å². The zero-order valence-electron chi connectivity index (χ0n) is 18.6. The van der Waals surface area contributed by atoms with Crippen LogP contribution in [0.5, 0.6) is 0 Å². The number of para-hydroxylation sites is 1. The van der Waals surface area contributed by atoms with Gasteiger partial charge in [0, 0.05) is 16.8 Å². The van der Waals surface area contributed by atoms with Crippen LogP contribution >= 0.6 is 0 Å². The molecular weight excluding hydrogens is 356 g/mol. The van der Waals surface area contributed by atoms with Crippen molar-refractivity contribution in [3.63, 3.8) is 0 Å². The topological polar surface area (TPSA) is 49.8 Å². The Labute approximate surface area is 174 Å². The lowest BCUT2D eigenvalue weighted by atomic mass is 9.87. The third kappa shape index (κ3) is 5.14. The van der Waals surface area contributed by atoms with Gasteiger partial charge in [0.15, 0.2) is 5.82 Å². The normalized spacial score (nSPS) is 12.0. The first kappa shape index (κ1) is 20.8. The molecule has 0 spiro atoms. The summed E-state index contributed by atoms with van der Waals surface area (Å²) in [6.45, 7) is 15.1. The Balaban J connectivity index is 2.00. The molecule has 0 aliphatic carbocycles. The average Bonchev–Trinajstić information content (AvgIpc) is 2.64. The van der Waals surface area contributed by atoms with Crippen molar-refractivity contribution in [1.29, 1.82) is 0 Å². The summed E-state index contributed by atoms with van der Waals surface area (Å²) in [4.78, 5) is 9.65. The van der Waals surface area contributed by atoms with E-state index in [1.807, 2.05) is 37.3 Å². The lowest BCUT2D eigenvalue weighted by molar-refractivity contribution is 0.544. The SMILES string of the molecule is Cc1nc(C(C)(C)C)nc(Nc2ccccc2)c1Nc1ccc(C(C)(C)C)cc1. The van der Waals surface area contributed by atoms with Gasteiger partial charge >= 0.3 is 0 Å². The first-order chi connectivity index (χ1) is 13.5. The Morgan fingerprint density at radius 3 is 1.79 bits per heavy atom. The molecule has 0 fully saturated rings. The van der Waals surface area contributed by atoms with Gasteiger partial charge in [0.05, 0.1) is 5.69 Å². The molecule has 0 aliphatic rings. The van der Waals surface area contributed by atoms with Crippen LogP contribution < -0.4 is 10.6 Å². The maximum absolute atomic E-state index is 4.87. The lowest BCUT2D eigenvalue weighted by Crippen LogP contribution is -2.18. The van der Waals surface area contributed by atoms with Gasteiger partial charge in [-0.25, -0.2) is 9.97 Å².